The fourth-order valence-corrected chi connectivity index (χ4v) is 2.91. The smallest absolute Gasteiger partial charge is 0.254 e. The van der Waals surface area contributed by atoms with Crippen LogP contribution in [0.4, 0.5) is 0 Å². The molecule has 1 N–H and O–H groups in total. The maximum absolute atomic E-state index is 12.0. The molecule has 1 aliphatic heterocycles. The number of fused-ring (bicyclic) bond motifs is 2. The lowest BCUT2D eigenvalue weighted by molar-refractivity contribution is 0.357. The van der Waals surface area contributed by atoms with Gasteiger partial charge >= 0.3 is 0 Å². The van der Waals surface area contributed by atoms with Gasteiger partial charge in [0.15, 0.2) is 0 Å². The molecule has 0 amide bonds. The van der Waals surface area contributed by atoms with Gasteiger partial charge in [0.05, 0.1) is 12.3 Å². The topological polar surface area (TPSA) is 55.0 Å². The molecule has 0 fully saturated rings. The van der Waals surface area contributed by atoms with Crippen LogP contribution in [0.3, 0.4) is 0 Å². The molecule has 1 aromatic heterocycles. The van der Waals surface area contributed by atoms with Crippen molar-refractivity contribution in [3.63, 3.8) is 0 Å². The molecular formula is C15H14N2O2. The Morgan fingerprint density at radius 1 is 1.21 bits per heavy atom. The summed E-state index contributed by atoms with van der Waals surface area (Å²) in [5.74, 6) is 1.63. The quantitative estimate of drug-likeness (QED) is 0.845. The normalized spacial score (nSPS) is 16.0. The van der Waals surface area contributed by atoms with Crippen molar-refractivity contribution in [2.75, 3.05) is 6.61 Å². The summed E-state index contributed by atoms with van der Waals surface area (Å²) < 4.78 is 5.49. The van der Waals surface area contributed by atoms with Crippen LogP contribution in [0, 0.1) is 0 Å². The lowest BCUT2D eigenvalue weighted by Crippen LogP contribution is -2.15. The lowest BCUT2D eigenvalue weighted by Gasteiger charge is -2.06. The standard InChI is InChI=1S/C15H14N2O2/c18-15-11-2-1-3-12(11)16-14(17-15)10-4-5-13-9(8-10)6-7-19-13/h4-5,8H,1-3,6-7H2,(H,16,17,18). The van der Waals surface area contributed by atoms with Crippen molar-refractivity contribution in [1.82, 2.24) is 9.97 Å². The molecule has 4 rings (SSSR count). The summed E-state index contributed by atoms with van der Waals surface area (Å²) in [5.41, 5.74) is 4.02. The van der Waals surface area contributed by atoms with Crippen molar-refractivity contribution >= 4 is 0 Å². The number of H-pyrrole nitrogens is 1. The number of hydrogen-bond acceptors (Lipinski definition) is 3. The number of aromatic nitrogens is 2. The Labute approximate surface area is 110 Å². The Balaban J connectivity index is 1.85. The highest BCUT2D eigenvalue weighted by atomic mass is 16.5. The van der Waals surface area contributed by atoms with Gasteiger partial charge in [-0.2, -0.15) is 0 Å². The minimum atomic E-state index is 0.0225. The Morgan fingerprint density at radius 2 is 2.16 bits per heavy atom. The summed E-state index contributed by atoms with van der Waals surface area (Å²) in [6.45, 7) is 0.743. The average Bonchev–Trinajstić information content (AvgIpc) is 3.06. The molecule has 19 heavy (non-hydrogen) atoms. The molecule has 0 bridgehead atoms. The highest BCUT2D eigenvalue weighted by Crippen LogP contribution is 2.29. The summed E-state index contributed by atoms with van der Waals surface area (Å²) in [4.78, 5) is 19.5. The minimum Gasteiger partial charge on any atom is -0.493 e. The third-order valence-corrected chi connectivity index (χ3v) is 3.90. The van der Waals surface area contributed by atoms with E-state index in [1.54, 1.807) is 0 Å². The van der Waals surface area contributed by atoms with Gasteiger partial charge in [0, 0.05) is 17.5 Å². The summed E-state index contributed by atoms with van der Waals surface area (Å²) in [7, 11) is 0. The molecule has 1 aliphatic carbocycles. The number of benzene rings is 1. The maximum Gasteiger partial charge on any atom is 0.254 e. The van der Waals surface area contributed by atoms with E-state index in [0.717, 1.165) is 54.9 Å². The lowest BCUT2D eigenvalue weighted by atomic mass is 10.1. The van der Waals surface area contributed by atoms with Gasteiger partial charge in [-0.25, -0.2) is 4.98 Å². The fourth-order valence-electron chi connectivity index (χ4n) is 2.91. The molecule has 4 nitrogen and oxygen atoms in total. The van der Waals surface area contributed by atoms with Crippen LogP contribution >= 0.6 is 0 Å². The maximum atomic E-state index is 12.0. The first kappa shape index (κ1) is 10.8. The van der Waals surface area contributed by atoms with Crippen LogP contribution < -0.4 is 10.3 Å². The second-order valence-electron chi connectivity index (χ2n) is 5.11. The molecule has 2 aromatic rings. The number of rotatable bonds is 1. The monoisotopic (exact) mass is 254 g/mol. The van der Waals surface area contributed by atoms with Crippen molar-refractivity contribution in [2.24, 2.45) is 0 Å². The van der Waals surface area contributed by atoms with Gasteiger partial charge in [-0.1, -0.05) is 0 Å². The van der Waals surface area contributed by atoms with Crippen molar-refractivity contribution < 1.29 is 4.74 Å². The number of aromatic amines is 1. The second kappa shape index (κ2) is 3.95. The van der Waals surface area contributed by atoms with Gasteiger partial charge in [-0.15, -0.1) is 0 Å². The molecule has 0 spiro atoms. The molecule has 4 heteroatoms. The molecule has 96 valence electrons. The van der Waals surface area contributed by atoms with Gasteiger partial charge in [0.1, 0.15) is 11.6 Å². The summed E-state index contributed by atoms with van der Waals surface area (Å²) in [6.07, 6.45) is 3.74. The van der Waals surface area contributed by atoms with Gasteiger partial charge in [0.25, 0.3) is 5.56 Å². The van der Waals surface area contributed by atoms with Crippen LogP contribution in [0.5, 0.6) is 5.75 Å². The van der Waals surface area contributed by atoms with Gasteiger partial charge < -0.3 is 9.72 Å². The number of ether oxygens (including phenoxy) is 1. The molecule has 0 saturated heterocycles. The van der Waals surface area contributed by atoms with E-state index in [1.807, 2.05) is 12.1 Å². The van der Waals surface area contributed by atoms with E-state index in [1.165, 1.54) is 5.56 Å². The van der Waals surface area contributed by atoms with Crippen LogP contribution in [-0.2, 0) is 19.3 Å². The Kier molecular flexibility index (Phi) is 2.24. The van der Waals surface area contributed by atoms with Crippen LogP contribution in [-0.4, -0.2) is 16.6 Å². The summed E-state index contributed by atoms with van der Waals surface area (Å²) in [5, 5.41) is 0. The van der Waals surface area contributed by atoms with Crippen LogP contribution in [0.25, 0.3) is 11.4 Å². The zero-order valence-corrected chi connectivity index (χ0v) is 10.5. The average molecular weight is 254 g/mol. The van der Waals surface area contributed by atoms with Crippen molar-refractivity contribution in [3.8, 4) is 17.1 Å². The molecule has 0 saturated carbocycles. The summed E-state index contributed by atoms with van der Waals surface area (Å²) in [6, 6.07) is 6.00. The molecule has 1 aromatic carbocycles. The molecule has 2 aliphatic rings. The third-order valence-electron chi connectivity index (χ3n) is 3.90. The summed E-state index contributed by atoms with van der Waals surface area (Å²) >= 11 is 0. The highest BCUT2D eigenvalue weighted by molar-refractivity contribution is 5.59. The molecular weight excluding hydrogens is 240 g/mol. The number of hydrogen-bond donors (Lipinski definition) is 1. The van der Waals surface area contributed by atoms with Crippen LogP contribution in [0.1, 0.15) is 23.2 Å². The molecule has 0 atom stereocenters. The molecule has 0 unspecified atom stereocenters. The fraction of sp³-hybridized carbons (Fsp3) is 0.333. The minimum absolute atomic E-state index is 0.0225. The first-order chi connectivity index (χ1) is 9.31. The Morgan fingerprint density at radius 3 is 3.11 bits per heavy atom. The largest absolute Gasteiger partial charge is 0.493 e. The van der Waals surface area contributed by atoms with Gasteiger partial charge in [-0.3, -0.25) is 4.79 Å². The van der Waals surface area contributed by atoms with Crippen molar-refractivity contribution in [1.29, 1.82) is 0 Å². The molecule has 2 heterocycles. The van der Waals surface area contributed by atoms with E-state index < -0.39 is 0 Å². The SMILES string of the molecule is O=c1[nH]c(-c2ccc3c(c2)CCO3)nc2c1CCC2. The number of aryl methyl sites for hydroxylation is 1. The van der Waals surface area contributed by atoms with Gasteiger partial charge in [-0.05, 0) is 43.0 Å². The van der Waals surface area contributed by atoms with Gasteiger partial charge in [0.2, 0.25) is 0 Å². The zero-order chi connectivity index (χ0) is 12.8. The Hall–Kier alpha value is -2.10. The van der Waals surface area contributed by atoms with E-state index in [9.17, 15) is 4.79 Å². The Bertz CT molecular complexity index is 719. The first-order valence-electron chi connectivity index (χ1n) is 6.69. The third kappa shape index (κ3) is 1.67. The van der Waals surface area contributed by atoms with E-state index in [-0.39, 0.29) is 5.56 Å². The van der Waals surface area contributed by atoms with E-state index in [4.69, 9.17) is 4.74 Å². The van der Waals surface area contributed by atoms with E-state index >= 15 is 0 Å². The van der Waals surface area contributed by atoms with Crippen molar-refractivity contribution in [2.45, 2.75) is 25.7 Å². The van der Waals surface area contributed by atoms with E-state index in [2.05, 4.69) is 16.0 Å². The highest BCUT2D eigenvalue weighted by Gasteiger charge is 2.19. The zero-order valence-electron chi connectivity index (χ0n) is 10.5. The van der Waals surface area contributed by atoms with Crippen LogP contribution in [0.15, 0.2) is 23.0 Å². The van der Waals surface area contributed by atoms with E-state index in [0.29, 0.717) is 5.82 Å². The first-order valence-corrected chi connectivity index (χ1v) is 6.69. The predicted octanol–water partition coefficient (Wildman–Crippen LogP) is 1.86. The number of nitrogens with one attached hydrogen (secondary N) is 1. The molecule has 0 radical (unpaired) electrons. The van der Waals surface area contributed by atoms with Crippen LogP contribution in [0.2, 0.25) is 0 Å². The second-order valence-corrected chi connectivity index (χ2v) is 5.11. The number of nitrogens with zero attached hydrogens (tertiary/aromatic N) is 1. The van der Waals surface area contributed by atoms with Crippen molar-refractivity contribution in [3.05, 3.63) is 45.4 Å². The predicted molar refractivity (Wildman–Crippen MR) is 71.5 cm³/mol.